The summed E-state index contributed by atoms with van der Waals surface area (Å²) in [5.74, 6) is 0.305. The molecule has 1 rings (SSSR count). The molecule has 1 fully saturated rings. The van der Waals surface area contributed by atoms with E-state index in [0.29, 0.717) is 5.78 Å². The topological polar surface area (TPSA) is 17.1 Å². The summed E-state index contributed by atoms with van der Waals surface area (Å²) in [4.78, 5) is 10.9. The Bertz CT molecular complexity index is 217. The smallest absolute Gasteiger partial charge is 0.129 e. The summed E-state index contributed by atoms with van der Waals surface area (Å²) in [5, 5.41) is 0. The number of hydrogen-bond acceptors (Lipinski definition) is 1. The number of hydrogen-bond donors (Lipinski definition) is 0. The predicted octanol–water partition coefficient (Wildman–Crippen LogP) is 3.49. The van der Waals surface area contributed by atoms with Crippen molar-refractivity contribution in [3.05, 3.63) is 12.2 Å². The van der Waals surface area contributed by atoms with E-state index in [1.807, 2.05) is 0 Å². The highest BCUT2D eigenvalue weighted by Gasteiger charge is 2.29. The van der Waals surface area contributed by atoms with Crippen molar-refractivity contribution in [3.8, 4) is 0 Å². The fourth-order valence-electron chi connectivity index (χ4n) is 2.09. The van der Waals surface area contributed by atoms with E-state index >= 15 is 0 Å². The molecule has 1 nitrogen and oxygen atoms in total. The van der Waals surface area contributed by atoms with Gasteiger partial charge >= 0.3 is 0 Å². The van der Waals surface area contributed by atoms with Crippen LogP contribution in [0.4, 0.5) is 0 Å². The second kappa shape index (κ2) is 4.08. The number of rotatable bonds is 3. The first-order valence-electron chi connectivity index (χ1n) is 5.22. The molecule has 0 amide bonds. The average Bonchev–Trinajstić information content (AvgIpc) is 2.07. The lowest BCUT2D eigenvalue weighted by Crippen LogP contribution is -2.23. The average molecular weight is 180 g/mol. The molecule has 0 N–H and O–H groups in total. The number of allylic oxidation sites excluding steroid dienone is 1. The molecule has 0 aromatic rings. The van der Waals surface area contributed by atoms with Gasteiger partial charge in [-0.15, -0.1) is 0 Å². The van der Waals surface area contributed by atoms with E-state index < -0.39 is 0 Å². The first-order chi connectivity index (χ1) is 6.04. The van der Waals surface area contributed by atoms with Crippen LogP contribution in [-0.2, 0) is 4.79 Å². The number of carbonyl (C=O) groups is 1. The Morgan fingerprint density at radius 3 is 2.77 bits per heavy atom. The molecule has 13 heavy (non-hydrogen) atoms. The van der Waals surface area contributed by atoms with Gasteiger partial charge in [0, 0.05) is 6.42 Å². The minimum absolute atomic E-state index is 0.254. The Kier molecular flexibility index (Phi) is 3.29. The molecule has 1 aliphatic rings. The van der Waals surface area contributed by atoms with Gasteiger partial charge < -0.3 is 4.79 Å². The summed E-state index contributed by atoms with van der Waals surface area (Å²) >= 11 is 0. The minimum Gasteiger partial charge on any atom is -0.300 e. The van der Waals surface area contributed by atoms with Crippen molar-refractivity contribution in [2.45, 2.75) is 52.4 Å². The van der Waals surface area contributed by atoms with Gasteiger partial charge in [-0.3, -0.25) is 0 Å². The molecule has 0 radical (unpaired) electrons. The summed E-state index contributed by atoms with van der Waals surface area (Å²) < 4.78 is 0. The van der Waals surface area contributed by atoms with Gasteiger partial charge in [-0.05, 0) is 38.0 Å². The summed E-state index contributed by atoms with van der Waals surface area (Å²) in [6.07, 6.45) is 6.69. The third kappa shape index (κ3) is 2.68. The van der Waals surface area contributed by atoms with Crippen LogP contribution in [0.1, 0.15) is 52.4 Å². The molecule has 0 aromatic heterocycles. The number of carbonyl (C=O) groups excluding carboxylic acids is 1. The Hall–Kier alpha value is -0.590. The Labute approximate surface area is 81.2 Å². The Morgan fingerprint density at radius 1 is 1.54 bits per heavy atom. The van der Waals surface area contributed by atoms with Gasteiger partial charge in [-0.25, -0.2) is 0 Å². The second-order valence-corrected chi connectivity index (χ2v) is 4.57. The normalized spacial score (nSPS) is 28.9. The van der Waals surface area contributed by atoms with Crippen molar-refractivity contribution in [1.29, 1.82) is 0 Å². The van der Waals surface area contributed by atoms with Crippen molar-refractivity contribution in [3.63, 3.8) is 0 Å². The largest absolute Gasteiger partial charge is 0.300 e. The van der Waals surface area contributed by atoms with Crippen LogP contribution in [0.3, 0.4) is 0 Å². The molecular weight excluding hydrogens is 160 g/mol. The molecule has 74 valence electrons. The summed E-state index contributed by atoms with van der Waals surface area (Å²) in [6, 6.07) is 0. The highest BCUT2D eigenvalue weighted by molar-refractivity contribution is 5.75. The zero-order chi connectivity index (χ0) is 9.90. The molecule has 0 spiro atoms. The molecular formula is C12H20O. The third-order valence-corrected chi connectivity index (χ3v) is 3.34. The van der Waals surface area contributed by atoms with Crippen molar-refractivity contribution < 1.29 is 4.79 Å². The SMILES string of the molecule is C=C1CCCC[C@]1(C)CCC(C)=O. The van der Waals surface area contributed by atoms with Crippen LogP contribution in [0.15, 0.2) is 12.2 Å². The van der Waals surface area contributed by atoms with E-state index in [1.54, 1.807) is 6.92 Å². The first-order valence-corrected chi connectivity index (χ1v) is 5.22. The fraction of sp³-hybridized carbons (Fsp3) is 0.750. The van der Waals surface area contributed by atoms with Crippen molar-refractivity contribution in [2.75, 3.05) is 0 Å². The van der Waals surface area contributed by atoms with Gasteiger partial charge in [0.1, 0.15) is 5.78 Å². The van der Waals surface area contributed by atoms with Gasteiger partial charge in [-0.1, -0.05) is 25.5 Å². The van der Waals surface area contributed by atoms with Crippen molar-refractivity contribution in [1.82, 2.24) is 0 Å². The molecule has 1 saturated carbocycles. The highest BCUT2D eigenvalue weighted by atomic mass is 16.1. The van der Waals surface area contributed by atoms with E-state index in [1.165, 1.54) is 24.8 Å². The summed E-state index contributed by atoms with van der Waals surface area (Å²) in [5.41, 5.74) is 1.62. The molecule has 0 unspecified atom stereocenters. The number of Topliss-reactive ketones (excluding diaryl/α,β-unsaturated/α-hetero) is 1. The monoisotopic (exact) mass is 180 g/mol. The predicted molar refractivity (Wildman–Crippen MR) is 55.6 cm³/mol. The quantitative estimate of drug-likeness (QED) is 0.607. The zero-order valence-electron chi connectivity index (χ0n) is 8.86. The Balaban J connectivity index is 2.51. The molecule has 0 saturated heterocycles. The maximum Gasteiger partial charge on any atom is 0.129 e. The van der Waals surface area contributed by atoms with Crippen molar-refractivity contribution >= 4 is 5.78 Å². The standard InChI is InChI=1S/C12H20O/c1-10-6-4-5-8-12(10,3)9-7-11(2)13/h1,4-9H2,2-3H3/t12-/m1/s1. The molecule has 1 aliphatic carbocycles. The molecule has 0 aliphatic heterocycles. The van der Waals surface area contributed by atoms with Crippen molar-refractivity contribution in [2.24, 2.45) is 5.41 Å². The van der Waals surface area contributed by atoms with Gasteiger partial charge in [0.25, 0.3) is 0 Å². The maximum atomic E-state index is 10.9. The van der Waals surface area contributed by atoms with Crippen LogP contribution in [-0.4, -0.2) is 5.78 Å². The van der Waals surface area contributed by atoms with Crippen LogP contribution in [0, 0.1) is 5.41 Å². The van der Waals surface area contributed by atoms with Gasteiger partial charge in [0.15, 0.2) is 0 Å². The van der Waals surface area contributed by atoms with E-state index in [9.17, 15) is 4.79 Å². The maximum absolute atomic E-state index is 10.9. The molecule has 0 bridgehead atoms. The van der Waals surface area contributed by atoms with Crippen LogP contribution in [0.5, 0.6) is 0 Å². The van der Waals surface area contributed by atoms with E-state index in [-0.39, 0.29) is 5.41 Å². The van der Waals surface area contributed by atoms with E-state index in [4.69, 9.17) is 0 Å². The molecule has 1 atom stereocenters. The van der Waals surface area contributed by atoms with E-state index in [0.717, 1.165) is 19.3 Å². The highest BCUT2D eigenvalue weighted by Crippen LogP contribution is 2.42. The van der Waals surface area contributed by atoms with E-state index in [2.05, 4.69) is 13.5 Å². The Morgan fingerprint density at radius 2 is 2.23 bits per heavy atom. The summed E-state index contributed by atoms with van der Waals surface area (Å²) in [6.45, 7) is 8.07. The zero-order valence-corrected chi connectivity index (χ0v) is 8.86. The lowest BCUT2D eigenvalue weighted by molar-refractivity contribution is -0.117. The second-order valence-electron chi connectivity index (χ2n) is 4.57. The van der Waals surface area contributed by atoms with Gasteiger partial charge in [0.2, 0.25) is 0 Å². The summed E-state index contributed by atoms with van der Waals surface area (Å²) in [7, 11) is 0. The fourth-order valence-corrected chi connectivity index (χ4v) is 2.09. The van der Waals surface area contributed by atoms with Gasteiger partial charge in [0.05, 0.1) is 0 Å². The lowest BCUT2D eigenvalue weighted by Gasteiger charge is -2.35. The van der Waals surface area contributed by atoms with Gasteiger partial charge in [-0.2, -0.15) is 0 Å². The molecule has 1 heteroatoms. The number of ketones is 1. The molecule has 0 heterocycles. The lowest BCUT2D eigenvalue weighted by atomic mass is 9.69. The van der Waals surface area contributed by atoms with Crippen LogP contribution < -0.4 is 0 Å². The third-order valence-electron chi connectivity index (χ3n) is 3.34. The van der Waals surface area contributed by atoms with Crippen LogP contribution in [0.25, 0.3) is 0 Å². The minimum atomic E-state index is 0.254. The molecule has 0 aromatic carbocycles. The van der Waals surface area contributed by atoms with Crippen LogP contribution in [0.2, 0.25) is 0 Å². The first kappa shape index (κ1) is 10.5. The van der Waals surface area contributed by atoms with Crippen LogP contribution >= 0.6 is 0 Å².